The minimum absolute atomic E-state index is 0.220. The molecule has 1 aromatic carbocycles. The molecule has 0 aliphatic rings. The molecule has 1 amide bonds. The smallest absolute Gasteiger partial charge is 0.404 e. The third-order valence-corrected chi connectivity index (χ3v) is 5.23. The minimum Gasteiger partial charge on any atom is -0.445 e. The molecule has 0 saturated carbocycles. The van der Waals surface area contributed by atoms with Crippen LogP contribution in [0.5, 0.6) is 0 Å². The Morgan fingerprint density at radius 3 is 2.19 bits per heavy atom. The molecule has 1 rings (SSSR count). The number of primary amides is 1. The van der Waals surface area contributed by atoms with Crippen LogP contribution in [0.3, 0.4) is 0 Å². The number of halogens is 1. The van der Waals surface area contributed by atoms with Gasteiger partial charge in [0, 0.05) is 17.1 Å². The predicted molar refractivity (Wildman–Crippen MR) is 82.6 cm³/mol. The van der Waals surface area contributed by atoms with Crippen molar-refractivity contribution in [2.24, 2.45) is 11.1 Å². The van der Waals surface area contributed by atoms with Crippen LogP contribution < -0.4 is 5.73 Å². The summed E-state index contributed by atoms with van der Waals surface area (Å²) in [5.41, 5.74) is 5.19. The van der Waals surface area contributed by atoms with Crippen LogP contribution in [0.15, 0.2) is 30.3 Å². The first-order valence-corrected chi connectivity index (χ1v) is 8.82. The van der Waals surface area contributed by atoms with E-state index >= 15 is 0 Å². The van der Waals surface area contributed by atoms with Crippen molar-refractivity contribution in [2.75, 3.05) is 0 Å². The van der Waals surface area contributed by atoms with Crippen LogP contribution in [0.25, 0.3) is 0 Å². The Hall–Kier alpha value is -1.27. The van der Waals surface area contributed by atoms with E-state index in [1.165, 1.54) is 0 Å². The molecule has 21 heavy (non-hydrogen) atoms. The summed E-state index contributed by atoms with van der Waals surface area (Å²) in [5, 5.41) is -1.07. The molecule has 1 aromatic rings. The number of hydrogen-bond donors (Lipinski definition) is 1. The van der Waals surface area contributed by atoms with Gasteiger partial charge in [-0.1, -0.05) is 51.1 Å². The Kier molecular flexibility index (Phi) is 5.64. The molecule has 2 atom stereocenters. The molecule has 5 nitrogen and oxygen atoms in total. The fraction of sp³-hybridized carbons (Fsp3) is 0.500. The van der Waals surface area contributed by atoms with Crippen LogP contribution in [-0.4, -0.2) is 25.9 Å². The Labute approximate surface area is 129 Å². The second kappa shape index (κ2) is 6.66. The molecule has 2 N–H and O–H groups in total. The van der Waals surface area contributed by atoms with Crippen molar-refractivity contribution in [1.82, 2.24) is 0 Å². The van der Waals surface area contributed by atoms with E-state index in [-0.39, 0.29) is 6.42 Å². The maximum Gasteiger partial charge on any atom is 0.404 e. The second-order valence-corrected chi connectivity index (χ2v) is 8.68. The van der Waals surface area contributed by atoms with Gasteiger partial charge < -0.3 is 10.5 Å². The molecule has 0 aliphatic carbocycles. The average molecular weight is 334 g/mol. The SMILES string of the molecule is CC(C)(C)C(C(Cc1ccccc1)OC(N)=O)S(=O)(=O)Cl. The van der Waals surface area contributed by atoms with Crippen molar-refractivity contribution in [3.63, 3.8) is 0 Å². The van der Waals surface area contributed by atoms with Crippen molar-refractivity contribution in [1.29, 1.82) is 0 Å². The van der Waals surface area contributed by atoms with Gasteiger partial charge in [0.1, 0.15) is 11.4 Å². The molecular weight excluding hydrogens is 314 g/mol. The molecule has 0 aliphatic heterocycles. The standard InChI is InChI=1S/C14H20ClNO4S/c1-14(2,3)12(21(15,18)19)11(20-13(16)17)9-10-7-5-4-6-8-10/h4-8,11-12H,9H2,1-3H3,(H2,16,17). The zero-order valence-electron chi connectivity index (χ0n) is 12.2. The molecule has 0 spiro atoms. The minimum atomic E-state index is -3.95. The van der Waals surface area contributed by atoms with Gasteiger partial charge in [-0.15, -0.1) is 0 Å². The number of carbonyl (C=O) groups excluding carboxylic acids is 1. The second-order valence-electron chi connectivity index (χ2n) is 5.93. The van der Waals surface area contributed by atoms with E-state index in [9.17, 15) is 13.2 Å². The average Bonchev–Trinajstić information content (AvgIpc) is 2.25. The van der Waals surface area contributed by atoms with Gasteiger partial charge in [0.2, 0.25) is 9.05 Å². The number of benzene rings is 1. The monoisotopic (exact) mass is 333 g/mol. The van der Waals surface area contributed by atoms with Gasteiger partial charge in [0.15, 0.2) is 0 Å². The first kappa shape index (κ1) is 17.8. The third kappa shape index (κ3) is 5.55. The van der Waals surface area contributed by atoms with Crippen molar-refractivity contribution >= 4 is 25.8 Å². The van der Waals surface area contributed by atoms with Crippen molar-refractivity contribution in [3.8, 4) is 0 Å². The number of amides is 1. The molecule has 0 radical (unpaired) electrons. The highest BCUT2D eigenvalue weighted by atomic mass is 35.7. The molecule has 0 saturated heterocycles. The molecule has 0 bridgehead atoms. The number of ether oxygens (including phenoxy) is 1. The zero-order chi connectivity index (χ0) is 16.3. The quantitative estimate of drug-likeness (QED) is 0.839. The zero-order valence-corrected chi connectivity index (χ0v) is 13.8. The summed E-state index contributed by atoms with van der Waals surface area (Å²) in [4.78, 5) is 11.1. The number of rotatable bonds is 5. The molecule has 0 heterocycles. The first-order chi connectivity index (χ1) is 9.51. The summed E-state index contributed by atoms with van der Waals surface area (Å²) in [6.45, 7) is 5.17. The van der Waals surface area contributed by atoms with E-state index in [4.69, 9.17) is 21.2 Å². The van der Waals surface area contributed by atoms with Gasteiger partial charge >= 0.3 is 6.09 Å². The normalized spacial score (nSPS) is 15.2. The van der Waals surface area contributed by atoms with Gasteiger partial charge in [-0.05, 0) is 11.0 Å². The van der Waals surface area contributed by atoms with E-state index in [0.29, 0.717) is 0 Å². The highest BCUT2D eigenvalue weighted by Gasteiger charge is 2.43. The predicted octanol–water partition coefficient (Wildman–Crippen LogP) is 2.68. The van der Waals surface area contributed by atoms with E-state index in [1.807, 2.05) is 30.3 Å². The topological polar surface area (TPSA) is 86.5 Å². The Morgan fingerprint density at radius 1 is 1.29 bits per heavy atom. The summed E-state index contributed by atoms with van der Waals surface area (Å²) < 4.78 is 28.9. The third-order valence-electron chi connectivity index (χ3n) is 3.04. The van der Waals surface area contributed by atoms with Gasteiger partial charge in [-0.25, -0.2) is 13.2 Å². The maximum absolute atomic E-state index is 11.9. The Balaban J connectivity index is 3.18. The first-order valence-electron chi connectivity index (χ1n) is 6.45. The maximum atomic E-state index is 11.9. The molecule has 7 heteroatoms. The molecular formula is C14H20ClNO4S. The fourth-order valence-corrected chi connectivity index (χ4v) is 4.87. The van der Waals surface area contributed by atoms with E-state index in [0.717, 1.165) is 5.56 Å². The molecule has 118 valence electrons. The van der Waals surface area contributed by atoms with Gasteiger partial charge in [0.05, 0.1) is 0 Å². The highest BCUT2D eigenvalue weighted by molar-refractivity contribution is 8.14. The Morgan fingerprint density at radius 2 is 1.81 bits per heavy atom. The van der Waals surface area contributed by atoms with Crippen molar-refractivity contribution in [3.05, 3.63) is 35.9 Å². The Bertz CT molecular complexity index is 581. The van der Waals surface area contributed by atoms with Crippen LogP contribution in [-0.2, 0) is 20.2 Å². The van der Waals surface area contributed by atoms with Crippen LogP contribution in [0.1, 0.15) is 26.3 Å². The van der Waals surface area contributed by atoms with E-state index in [1.54, 1.807) is 20.8 Å². The van der Waals surface area contributed by atoms with Gasteiger partial charge in [-0.3, -0.25) is 0 Å². The summed E-state index contributed by atoms with van der Waals surface area (Å²) >= 11 is 0. The number of hydrogen-bond acceptors (Lipinski definition) is 4. The van der Waals surface area contributed by atoms with Crippen molar-refractivity contribution < 1.29 is 17.9 Å². The van der Waals surface area contributed by atoms with Crippen molar-refractivity contribution in [2.45, 2.75) is 38.5 Å². The van der Waals surface area contributed by atoms with Crippen LogP contribution in [0.2, 0.25) is 0 Å². The molecule has 2 unspecified atom stereocenters. The summed E-state index contributed by atoms with van der Waals surface area (Å²) in [6, 6.07) is 9.11. The molecule has 0 aromatic heterocycles. The molecule has 0 fully saturated rings. The largest absolute Gasteiger partial charge is 0.445 e. The van der Waals surface area contributed by atoms with Crippen LogP contribution >= 0.6 is 10.7 Å². The summed E-state index contributed by atoms with van der Waals surface area (Å²) in [7, 11) is 1.62. The fourth-order valence-electron chi connectivity index (χ4n) is 2.37. The van der Waals surface area contributed by atoms with Crippen LogP contribution in [0, 0.1) is 5.41 Å². The lowest BCUT2D eigenvalue weighted by molar-refractivity contribution is 0.0828. The lowest BCUT2D eigenvalue weighted by atomic mass is 9.86. The lowest BCUT2D eigenvalue weighted by Crippen LogP contribution is -2.46. The van der Waals surface area contributed by atoms with Crippen LogP contribution in [0.4, 0.5) is 4.79 Å². The van der Waals surface area contributed by atoms with E-state index in [2.05, 4.69) is 0 Å². The highest BCUT2D eigenvalue weighted by Crippen LogP contribution is 2.33. The number of carbonyl (C=O) groups is 1. The summed E-state index contributed by atoms with van der Waals surface area (Å²) in [5.74, 6) is 0. The summed E-state index contributed by atoms with van der Waals surface area (Å²) in [6.07, 6.45) is -1.75. The van der Waals surface area contributed by atoms with Gasteiger partial charge in [0.25, 0.3) is 0 Å². The number of nitrogens with two attached hydrogens (primary N) is 1. The lowest BCUT2D eigenvalue weighted by Gasteiger charge is -2.33. The van der Waals surface area contributed by atoms with E-state index < -0.39 is 31.9 Å². The van der Waals surface area contributed by atoms with Gasteiger partial charge in [-0.2, -0.15) is 0 Å².